The summed E-state index contributed by atoms with van der Waals surface area (Å²) < 4.78 is 5.72. The van der Waals surface area contributed by atoms with Crippen LogP contribution in [0.15, 0.2) is 42.5 Å². The van der Waals surface area contributed by atoms with Gasteiger partial charge in [0.2, 0.25) is 0 Å². The maximum absolute atomic E-state index is 6.63. The molecule has 106 valence electrons. The minimum absolute atomic E-state index is 0.565. The van der Waals surface area contributed by atoms with Crippen LogP contribution in [0.25, 0.3) is 0 Å². The molecule has 0 aliphatic heterocycles. The van der Waals surface area contributed by atoms with Crippen LogP contribution in [0.3, 0.4) is 0 Å². The van der Waals surface area contributed by atoms with Gasteiger partial charge in [-0.2, -0.15) is 0 Å². The van der Waals surface area contributed by atoms with Crippen LogP contribution in [-0.4, -0.2) is 6.61 Å². The van der Waals surface area contributed by atoms with Gasteiger partial charge in [-0.15, -0.1) is 0 Å². The molecule has 2 rings (SSSR count). The third kappa shape index (κ3) is 2.70. The quantitative estimate of drug-likeness (QED) is 0.913. The number of aryl methyl sites for hydroxylation is 2. The third-order valence-corrected chi connectivity index (χ3v) is 3.85. The normalized spacial score (nSPS) is 13.8. The summed E-state index contributed by atoms with van der Waals surface area (Å²) in [6.07, 6.45) is 0. The molecule has 0 saturated heterocycles. The second-order valence-electron chi connectivity index (χ2n) is 5.43. The van der Waals surface area contributed by atoms with E-state index >= 15 is 0 Å². The van der Waals surface area contributed by atoms with Gasteiger partial charge in [-0.05, 0) is 50.5 Å². The minimum Gasteiger partial charge on any atom is -0.494 e. The van der Waals surface area contributed by atoms with Crippen molar-refractivity contribution >= 4 is 0 Å². The van der Waals surface area contributed by atoms with Gasteiger partial charge in [0, 0.05) is 5.56 Å². The van der Waals surface area contributed by atoms with Crippen molar-refractivity contribution in [3.05, 3.63) is 64.7 Å². The Hall–Kier alpha value is -1.80. The first-order valence-electron chi connectivity index (χ1n) is 7.05. The van der Waals surface area contributed by atoms with Gasteiger partial charge in [0.05, 0.1) is 12.1 Å². The molecular formula is C18H23NO. The number of para-hydroxylation sites is 1. The van der Waals surface area contributed by atoms with E-state index in [0.29, 0.717) is 6.61 Å². The summed E-state index contributed by atoms with van der Waals surface area (Å²) in [6.45, 7) is 8.89. The van der Waals surface area contributed by atoms with E-state index in [9.17, 15) is 0 Å². The number of nitrogens with two attached hydrogens (primary N) is 1. The van der Waals surface area contributed by atoms with E-state index in [0.717, 1.165) is 16.9 Å². The monoisotopic (exact) mass is 269 g/mol. The molecule has 0 aromatic heterocycles. The third-order valence-electron chi connectivity index (χ3n) is 3.85. The van der Waals surface area contributed by atoms with Crippen LogP contribution in [0.5, 0.6) is 5.75 Å². The lowest BCUT2D eigenvalue weighted by Gasteiger charge is -2.28. The zero-order valence-corrected chi connectivity index (χ0v) is 12.7. The van der Waals surface area contributed by atoms with Gasteiger partial charge in [0.25, 0.3) is 0 Å². The molecule has 2 N–H and O–H groups in total. The standard InChI is InChI=1S/C18H23NO/c1-5-20-17-9-7-6-8-16(17)18(4,19)15-11-10-13(2)14(3)12-15/h6-12H,5,19H2,1-4H3. The molecule has 1 atom stereocenters. The fourth-order valence-corrected chi connectivity index (χ4v) is 2.40. The van der Waals surface area contributed by atoms with Crippen molar-refractivity contribution in [2.45, 2.75) is 33.2 Å². The number of rotatable bonds is 4. The Kier molecular flexibility index (Phi) is 4.15. The Bertz CT molecular complexity index is 602. The predicted octanol–water partition coefficient (Wildman–Crippen LogP) is 3.92. The van der Waals surface area contributed by atoms with Crippen LogP contribution in [0, 0.1) is 13.8 Å². The van der Waals surface area contributed by atoms with Crippen LogP contribution in [0.4, 0.5) is 0 Å². The zero-order chi connectivity index (χ0) is 14.8. The van der Waals surface area contributed by atoms with Gasteiger partial charge < -0.3 is 10.5 Å². The summed E-state index contributed by atoms with van der Waals surface area (Å²) in [5.41, 5.74) is 10.7. The number of ether oxygens (including phenoxy) is 1. The summed E-state index contributed by atoms with van der Waals surface area (Å²) in [5.74, 6) is 0.859. The number of hydrogen-bond donors (Lipinski definition) is 1. The van der Waals surface area contributed by atoms with E-state index in [2.05, 4.69) is 32.0 Å². The Labute approximate surface area is 121 Å². The lowest BCUT2D eigenvalue weighted by molar-refractivity contribution is 0.330. The second kappa shape index (κ2) is 5.68. The Morgan fingerprint density at radius 1 is 1.05 bits per heavy atom. The SMILES string of the molecule is CCOc1ccccc1C(C)(N)c1ccc(C)c(C)c1. The Morgan fingerprint density at radius 2 is 1.75 bits per heavy atom. The molecule has 0 bridgehead atoms. The van der Waals surface area contributed by atoms with Crippen molar-refractivity contribution < 1.29 is 4.74 Å². The molecule has 2 aromatic carbocycles. The van der Waals surface area contributed by atoms with Gasteiger partial charge in [0.15, 0.2) is 0 Å². The van der Waals surface area contributed by atoms with Crippen molar-refractivity contribution in [2.75, 3.05) is 6.61 Å². The van der Waals surface area contributed by atoms with Gasteiger partial charge in [-0.25, -0.2) is 0 Å². The van der Waals surface area contributed by atoms with E-state index in [1.165, 1.54) is 11.1 Å². The summed E-state index contributed by atoms with van der Waals surface area (Å²) in [4.78, 5) is 0. The molecule has 0 radical (unpaired) electrons. The van der Waals surface area contributed by atoms with E-state index in [4.69, 9.17) is 10.5 Å². The highest BCUT2D eigenvalue weighted by Crippen LogP contribution is 2.34. The smallest absolute Gasteiger partial charge is 0.124 e. The van der Waals surface area contributed by atoms with E-state index in [-0.39, 0.29) is 0 Å². The average Bonchev–Trinajstić information content (AvgIpc) is 2.42. The fourth-order valence-electron chi connectivity index (χ4n) is 2.40. The predicted molar refractivity (Wildman–Crippen MR) is 84.2 cm³/mol. The van der Waals surface area contributed by atoms with Crippen LogP contribution in [0.2, 0.25) is 0 Å². The molecule has 2 heteroatoms. The van der Waals surface area contributed by atoms with Crippen molar-refractivity contribution in [1.29, 1.82) is 0 Å². The molecule has 0 saturated carbocycles. The molecule has 1 unspecified atom stereocenters. The lowest BCUT2D eigenvalue weighted by atomic mass is 9.84. The highest BCUT2D eigenvalue weighted by atomic mass is 16.5. The van der Waals surface area contributed by atoms with Crippen LogP contribution in [0.1, 0.15) is 36.1 Å². The first kappa shape index (κ1) is 14.6. The van der Waals surface area contributed by atoms with Crippen LogP contribution < -0.4 is 10.5 Å². The first-order chi connectivity index (χ1) is 9.46. The maximum Gasteiger partial charge on any atom is 0.124 e. The zero-order valence-electron chi connectivity index (χ0n) is 12.7. The van der Waals surface area contributed by atoms with Gasteiger partial charge in [0.1, 0.15) is 5.75 Å². The summed E-state index contributed by atoms with van der Waals surface area (Å²) in [6, 6.07) is 14.4. The molecule has 2 nitrogen and oxygen atoms in total. The minimum atomic E-state index is -0.565. The first-order valence-corrected chi connectivity index (χ1v) is 7.05. The average molecular weight is 269 g/mol. The van der Waals surface area contributed by atoms with E-state index in [1.807, 2.05) is 38.1 Å². The molecule has 20 heavy (non-hydrogen) atoms. The van der Waals surface area contributed by atoms with Crippen molar-refractivity contribution in [2.24, 2.45) is 5.73 Å². The van der Waals surface area contributed by atoms with Gasteiger partial charge in [-0.3, -0.25) is 0 Å². The van der Waals surface area contributed by atoms with Crippen molar-refractivity contribution in [1.82, 2.24) is 0 Å². The second-order valence-corrected chi connectivity index (χ2v) is 5.43. The fraction of sp³-hybridized carbons (Fsp3) is 0.333. The molecule has 0 aliphatic rings. The number of benzene rings is 2. The van der Waals surface area contributed by atoms with Gasteiger partial charge >= 0.3 is 0 Å². The molecule has 0 fully saturated rings. The number of hydrogen-bond acceptors (Lipinski definition) is 2. The molecule has 0 heterocycles. The molecule has 0 aliphatic carbocycles. The highest BCUT2D eigenvalue weighted by molar-refractivity contribution is 5.47. The van der Waals surface area contributed by atoms with Crippen LogP contribution in [-0.2, 0) is 5.54 Å². The largest absolute Gasteiger partial charge is 0.494 e. The summed E-state index contributed by atoms with van der Waals surface area (Å²) >= 11 is 0. The Balaban J connectivity index is 2.51. The molecule has 2 aromatic rings. The highest BCUT2D eigenvalue weighted by Gasteiger charge is 2.27. The molecule has 0 spiro atoms. The molecular weight excluding hydrogens is 246 g/mol. The van der Waals surface area contributed by atoms with Crippen molar-refractivity contribution in [3.8, 4) is 5.75 Å². The van der Waals surface area contributed by atoms with Gasteiger partial charge in [-0.1, -0.05) is 36.4 Å². The summed E-state index contributed by atoms with van der Waals surface area (Å²) in [7, 11) is 0. The van der Waals surface area contributed by atoms with Crippen LogP contribution >= 0.6 is 0 Å². The Morgan fingerprint density at radius 3 is 2.40 bits per heavy atom. The molecule has 0 amide bonds. The topological polar surface area (TPSA) is 35.2 Å². The lowest BCUT2D eigenvalue weighted by Crippen LogP contribution is -2.35. The van der Waals surface area contributed by atoms with E-state index in [1.54, 1.807) is 0 Å². The van der Waals surface area contributed by atoms with E-state index < -0.39 is 5.54 Å². The van der Waals surface area contributed by atoms with Crippen molar-refractivity contribution in [3.63, 3.8) is 0 Å². The maximum atomic E-state index is 6.63. The summed E-state index contributed by atoms with van der Waals surface area (Å²) in [5, 5.41) is 0.